The molecule has 0 heterocycles. The normalized spacial score (nSPS) is 13.6. The minimum absolute atomic E-state index is 0.0404. The molecule has 0 amide bonds. The third kappa shape index (κ3) is 7.42. The van der Waals surface area contributed by atoms with E-state index >= 15 is 0 Å². The van der Waals surface area contributed by atoms with Crippen LogP contribution in [0.5, 0.6) is 0 Å². The highest BCUT2D eigenvalue weighted by Gasteiger charge is 2.13. The molecule has 3 nitrogen and oxygen atoms in total. The van der Waals surface area contributed by atoms with Gasteiger partial charge in [-0.25, -0.2) is 0 Å². The predicted molar refractivity (Wildman–Crippen MR) is 96.8 cm³/mol. The zero-order valence-corrected chi connectivity index (χ0v) is 15.4. The van der Waals surface area contributed by atoms with Crippen molar-refractivity contribution in [2.45, 2.75) is 27.2 Å². The molecule has 0 aromatic heterocycles. The fourth-order valence-electron chi connectivity index (χ4n) is 2.05. The first-order valence-corrected chi connectivity index (χ1v) is 8.71. The number of carbonyl (C=O) groups is 2. The van der Waals surface area contributed by atoms with Crippen molar-refractivity contribution in [2.75, 3.05) is 11.9 Å². The van der Waals surface area contributed by atoms with Crippen molar-refractivity contribution in [1.82, 2.24) is 0 Å². The molecule has 124 valence electrons. The minimum atomic E-state index is -0.307. The molecule has 4 heteroatoms. The highest BCUT2D eigenvalue weighted by atomic mass is 79.9. The number of ketones is 1. The number of benzene rings is 1. The molecule has 0 aliphatic carbocycles. The van der Waals surface area contributed by atoms with Gasteiger partial charge in [-0.2, -0.15) is 0 Å². The lowest BCUT2D eigenvalue weighted by Gasteiger charge is -2.10. The van der Waals surface area contributed by atoms with Crippen molar-refractivity contribution in [2.24, 2.45) is 5.92 Å². The lowest BCUT2D eigenvalue weighted by molar-refractivity contribution is -0.139. The molecule has 0 aliphatic rings. The van der Waals surface area contributed by atoms with Gasteiger partial charge in [0.1, 0.15) is 6.61 Å². The maximum atomic E-state index is 12.7. The van der Waals surface area contributed by atoms with Crippen LogP contribution in [0.2, 0.25) is 0 Å². The number of halogens is 1. The van der Waals surface area contributed by atoms with E-state index in [0.29, 0.717) is 12.0 Å². The van der Waals surface area contributed by atoms with E-state index in [-0.39, 0.29) is 24.3 Å². The summed E-state index contributed by atoms with van der Waals surface area (Å²) in [5.74, 6) is -0.00402. The molecule has 0 spiro atoms. The monoisotopic (exact) mass is 378 g/mol. The SMILES string of the molecule is CC(=O)OCC=C(C)CC(=CC(C)CBr)C(=O)c1ccccc1. The Kier molecular flexibility index (Phi) is 8.56. The molecule has 0 fully saturated rings. The molecule has 0 aliphatic heterocycles. The van der Waals surface area contributed by atoms with Crippen LogP contribution in [-0.2, 0) is 9.53 Å². The number of Topliss-reactive ketones (excluding diaryl/α,β-unsaturated/α-hetero) is 1. The Bertz CT molecular complexity index is 588. The quantitative estimate of drug-likeness (QED) is 0.216. The maximum absolute atomic E-state index is 12.7. The lowest BCUT2D eigenvalue weighted by atomic mass is 9.94. The number of alkyl halides is 1. The van der Waals surface area contributed by atoms with Crippen LogP contribution in [0.3, 0.4) is 0 Å². The number of hydrogen-bond donors (Lipinski definition) is 0. The Labute approximate surface area is 146 Å². The van der Waals surface area contributed by atoms with Gasteiger partial charge in [0.05, 0.1) is 0 Å². The number of ether oxygens (including phenoxy) is 1. The highest BCUT2D eigenvalue weighted by Crippen LogP contribution is 2.19. The van der Waals surface area contributed by atoms with Crippen molar-refractivity contribution >= 4 is 27.7 Å². The van der Waals surface area contributed by atoms with E-state index in [1.165, 1.54) is 6.92 Å². The van der Waals surface area contributed by atoms with Gasteiger partial charge in [-0.05, 0) is 25.3 Å². The van der Waals surface area contributed by atoms with Crippen molar-refractivity contribution < 1.29 is 14.3 Å². The van der Waals surface area contributed by atoms with Gasteiger partial charge in [0, 0.05) is 23.4 Å². The van der Waals surface area contributed by atoms with Crippen LogP contribution in [0.4, 0.5) is 0 Å². The maximum Gasteiger partial charge on any atom is 0.302 e. The molecular weight excluding hydrogens is 356 g/mol. The summed E-state index contributed by atoms with van der Waals surface area (Å²) in [7, 11) is 0. The topological polar surface area (TPSA) is 43.4 Å². The van der Waals surface area contributed by atoms with Crippen molar-refractivity contribution in [3.63, 3.8) is 0 Å². The molecule has 0 radical (unpaired) electrons. The Morgan fingerprint density at radius 3 is 2.43 bits per heavy atom. The molecular formula is C19H23BrO3. The van der Waals surface area contributed by atoms with Crippen LogP contribution >= 0.6 is 15.9 Å². The van der Waals surface area contributed by atoms with Gasteiger partial charge in [-0.1, -0.05) is 64.8 Å². The average Bonchev–Trinajstić information content (AvgIpc) is 2.53. The number of esters is 1. The summed E-state index contributed by atoms with van der Waals surface area (Å²) >= 11 is 3.44. The molecule has 0 saturated carbocycles. The lowest BCUT2D eigenvalue weighted by Crippen LogP contribution is -2.07. The summed E-state index contributed by atoms with van der Waals surface area (Å²) in [4.78, 5) is 23.5. The van der Waals surface area contributed by atoms with Crippen LogP contribution < -0.4 is 0 Å². The molecule has 0 saturated heterocycles. The van der Waals surface area contributed by atoms with E-state index in [0.717, 1.165) is 16.5 Å². The summed E-state index contributed by atoms with van der Waals surface area (Å²) in [6.45, 7) is 5.62. The van der Waals surface area contributed by atoms with Gasteiger partial charge in [-0.3, -0.25) is 9.59 Å². The van der Waals surface area contributed by atoms with Crippen molar-refractivity contribution in [1.29, 1.82) is 0 Å². The number of hydrogen-bond acceptors (Lipinski definition) is 3. The first kappa shape index (κ1) is 19.4. The standard InChI is InChI=1S/C19H23BrO3/c1-14(9-10-23-16(3)21)11-18(12-15(2)13-20)19(22)17-7-5-4-6-8-17/h4-9,12,15H,10-11,13H2,1-3H3. The Morgan fingerprint density at radius 2 is 1.87 bits per heavy atom. The van der Waals surface area contributed by atoms with Gasteiger partial charge in [0.25, 0.3) is 0 Å². The first-order chi connectivity index (χ1) is 10.9. The number of allylic oxidation sites excluding steroid dienone is 3. The molecule has 1 aromatic rings. The number of carbonyl (C=O) groups excluding carboxylic acids is 2. The Hall–Kier alpha value is -1.68. The van der Waals surface area contributed by atoms with Gasteiger partial charge in [0.2, 0.25) is 0 Å². The van der Waals surface area contributed by atoms with Crippen molar-refractivity contribution in [3.8, 4) is 0 Å². The minimum Gasteiger partial charge on any atom is -0.462 e. The number of rotatable bonds is 8. The van der Waals surface area contributed by atoms with Crippen LogP contribution in [0.15, 0.2) is 53.6 Å². The molecule has 0 bridgehead atoms. The zero-order chi connectivity index (χ0) is 17.2. The van der Waals surface area contributed by atoms with Gasteiger partial charge in [-0.15, -0.1) is 0 Å². The van der Waals surface area contributed by atoms with Crippen LogP contribution in [0.1, 0.15) is 37.6 Å². The second-order valence-electron chi connectivity index (χ2n) is 5.55. The van der Waals surface area contributed by atoms with E-state index in [4.69, 9.17) is 4.74 Å². The van der Waals surface area contributed by atoms with E-state index < -0.39 is 0 Å². The molecule has 1 unspecified atom stereocenters. The molecule has 1 rings (SSSR count). The fraction of sp³-hybridized carbons (Fsp3) is 0.368. The second-order valence-corrected chi connectivity index (χ2v) is 6.20. The van der Waals surface area contributed by atoms with Crippen LogP contribution in [0, 0.1) is 5.92 Å². The van der Waals surface area contributed by atoms with E-state index in [1.54, 1.807) is 0 Å². The predicted octanol–water partition coefficient (Wildman–Crippen LogP) is 4.73. The molecule has 1 aromatic carbocycles. The Balaban J connectivity index is 2.91. The van der Waals surface area contributed by atoms with Crippen LogP contribution in [-0.4, -0.2) is 23.7 Å². The third-order valence-electron chi connectivity index (χ3n) is 3.24. The molecule has 1 atom stereocenters. The van der Waals surface area contributed by atoms with E-state index in [1.807, 2.05) is 49.4 Å². The largest absolute Gasteiger partial charge is 0.462 e. The zero-order valence-electron chi connectivity index (χ0n) is 13.8. The fourth-order valence-corrected chi connectivity index (χ4v) is 2.24. The second kappa shape index (κ2) is 10.2. The average molecular weight is 379 g/mol. The van der Waals surface area contributed by atoms with Gasteiger partial charge in [0.15, 0.2) is 5.78 Å². The summed E-state index contributed by atoms with van der Waals surface area (Å²) in [5.41, 5.74) is 2.46. The van der Waals surface area contributed by atoms with Gasteiger partial charge < -0.3 is 4.74 Å². The first-order valence-electron chi connectivity index (χ1n) is 7.59. The summed E-state index contributed by atoms with van der Waals surface area (Å²) in [6.07, 6.45) is 4.39. The molecule has 23 heavy (non-hydrogen) atoms. The summed E-state index contributed by atoms with van der Waals surface area (Å²) in [6, 6.07) is 9.27. The van der Waals surface area contributed by atoms with Gasteiger partial charge >= 0.3 is 5.97 Å². The van der Waals surface area contributed by atoms with Crippen LogP contribution in [0.25, 0.3) is 0 Å². The summed E-state index contributed by atoms with van der Waals surface area (Å²) in [5, 5.41) is 0.800. The van der Waals surface area contributed by atoms with Crippen molar-refractivity contribution in [3.05, 3.63) is 59.2 Å². The Morgan fingerprint density at radius 1 is 1.22 bits per heavy atom. The smallest absolute Gasteiger partial charge is 0.302 e. The third-order valence-corrected chi connectivity index (χ3v) is 4.27. The van der Waals surface area contributed by atoms with E-state index in [2.05, 4.69) is 22.9 Å². The summed E-state index contributed by atoms with van der Waals surface area (Å²) < 4.78 is 4.91. The molecule has 0 N–H and O–H groups in total. The van der Waals surface area contributed by atoms with E-state index in [9.17, 15) is 9.59 Å². The highest BCUT2D eigenvalue weighted by molar-refractivity contribution is 9.09.